The van der Waals surface area contributed by atoms with Gasteiger partial charge in [-0.05, 0) is 39.0 Å². The average molecular weight is 349 g/mol. The molecule has 0 unspecified atom stereocenters. The number of carbonyl (C=O) groups excluding carboxylic acids is 1. The van der Waals surface area contributed by atoms with Gasteiger partial charge in [0.2, 0.25) is 0 Å². The average Bonchev–Trinajstić information content (AvgIpc) is 3.22. The summed E-state index contributed by atoms with van der Waals surface area (Å²) in [6, 6.07) is 11.5. The molecule has 1 aromatic carbocycles. The van der Waals surface area contributed by atoms with Gasteiger partial charge in [0.25, 0.3) is 0 Å². The molecule has 0 spiro atoms. The van der Waals surface area contributed by atoms with Crippen LogP contribution in [-0.2, 0) is 11.3 Å². The number of ether oxygens (including phenoxy) is 1. The summed E-state index contributed by atoms with van der Waals surface area (Å²) in [4.78, 5) is 17.1. The Kier molecular flexibility index (Phi) is 3.95. The molecule has 4 rings (SSSR count). The molecule has 0 aliphatic rings. The van der Waals surface area contributed by atoms with Crippen LogP contribution >= 0.6 is 0 Å². The number of rotatable bonds is 4. The van der Waals surface area contributed by atoms with Gasteiger partial charge in [-0.1, -0.05) is 18.2 Å². The van der Waals surface area contributed by atoms with Gasteiger partial charge in [-0.15, -0.1) is 0 Å². The lowest BCUT2D eigenvalue weighted by Gasteiger charge is -2.09. The van der Waals surface area contributed by atoms with Crippen molar-refractivity contribution in [2.24, 2.45) is 0 Å². The summed E-state index contributed by atoms with van der Waals surface area (Å²) in [7, 11) is 0. The maximum Gasteiger partial charge on any atom is 0.340 e. The topological polar surface area (TPSA) is 70.2 Å². The SMILES string of the molecule is Cc1nc2c(cnn2C(C)C)cc1C(=O)OCc1cc2ccccc2o1. The van der Waals surface area contributed by atoms with Gasteiger partial charge < -0.3 is 9.15 Å². The number of furan rings is 1. The smallest absolute Gasteiger partial charge is 0.340 e. The molecule has 0 saturated heterocycles. The minimum atomic E-state index is -0.422. The number of hydrogen-bond acceptors (Lipinski definition) is 5. The van der Waals surface area contributed by atoms with Crippen molar-refractivity contribution in [3.8, 4) is 0 Å². The Morgan fingerprint density at radius 3 is 2.81 bits per heavy atom. The lowest BCUT2D eigenvalue weighted by atomic mass is 10.2. The molecule has 0 atom stereocenters. The predicted molar refractivity (Wildman–Crippen MR) is 98.0 cm³/mol. The molecular formula is C20H19N3O3. The summed E-state index contributed by atoms with van der Waals surface area (Å²) < 4.78 is 12.9. The third-order valence-electron chi connectivity index (χ3n) is 4.29. The molecule has 26 heavy (non-hydrogen) atoms. The third-order valence-corrected chi connectivity index (χ3v) is 4.29. The van der Waals surface area contributed by atoms with Crippen LogP contribution in [0, 0.1) is 6.92 Å². The second kappa shape index (κ2) is 6.29. The highest BCUT2D eigenvalue weighted by Crippen LogP contribution is 2.22. The zero-order valence-corrected chi connectivity index (χ0v) is 14.9. The molecule has 3 aromatic heterocycles. The van der Waals surface area contributed by atoms with Crippen LogP contribution in [0.1, 0.15) is 41.7 Å². The lowest BCUT2D eigenvalue weighted by Crippen LogP contribution is -2.09. The van der Waals surface area contributed by atoms with Crippen LogP contribution in [0.3, 0.4) is 0 Å². The highest BCUT2D eigenvalue weighted by atomic mass is 16.5. The van der Waals surface area contributed by atoms with Crippen molar-refractivity contribution in [3.05, 3.63) is 59.6 Å². The van der Waals surface area contributed by atoms with E-state index in [2.05, 4.69) is 10.1 Å². The van der Waals surface area contributed by atoms with Crippen molar-refractivity contribution in [3.63, 3.8) is 0 Å². The lowest BCUT2D eigenvalue weighted by molar-refractivity contribution is 0.0446. The van der Waals surface area contributed by atoms with E-state index in [0.29, 0.717) is 17.0 Å². The Morgan fingerprint density at radius 1 is 1.23 bits per heavy atom. The van der Waals surface area contributed by atoms with E-state index in [1.54, 1.807) is 19.2 Å². The fourth-order valence-corrected chi connectivity index (χ4v) is 2.97. The van der Waals surface area contributed by atoms with Crippen molar-refractivity contribution in [1.29, 1.82) is 0 Å². The van der Waals surface area contributed by atoms with Gasteiger partial charge in [-0.3, -0.25) is 0 Å². The van der Waals surface area contributed by atoms with Crippen molar-refractivity contribution in [2.75, 3.05) is 0 Å². The van der Waals surface area contributed by atoms with E-state index in [1.165, 1.54) is 0 Å². The Balaban J connectivity index is 1.56. The first kappa shape index (κ1) is 16.3. The number of carbonyl (C=O) groups is 1. The number of aryl methyl sites for hydroxylation is 1. The van der Waals surface area contributed by atoms with E-state index in [0.717, 1.165) is 22.0 Å². The molecule has 0 saturated carbocycles. The summed E-state index contributed by atoms with van der Waals surface area (Å²) in [5, 5.41) is 6.15. The van der Waals surface area contributed by atoms with Crippen molar-refractivity contribution < 1.29 is 13.9 Å². The fourth-order valence-electron chi connectivity index (χ4n) is 2.97. The van der Waals surface area contributed by atoms with Crippen LogP contribution in [-0.4, -0.2) is 20.7 Å². The first-order valence-electron chi connectivity index (χ1n) is 8.52. The normalized spacial score (nSPS) is 11.5. The summed E-state index contributed by atoms with van der Waals surface area (Å²) >= 11 is 0. The van der Waals surface area contributed by atoms with E-state index < -0.39 is 5.97 Å². The molecule has 0 aliphatic heterocycles. The monoisotopic (exact) mass is 349 g/mol. The molecule has 6 heteroatoms. The number of hydrogen-bond donors (Lipinski definition) is 0. The fraction of sp³-hybridized carbons (Fsp3) is 0.250. The second-order valence-corrected chi connectivity index (χ2v) is 6.54. The van der Waals surface area contributed by atoms with Crippen LogP contribution in [0.25, 0.3) is 22.0 Å². The largest absolute Gasteiger partial charge is 0.457 e. The van der Waals surface area contributed by atoms with Crippen LogP contribution in [0.15, 0.2) is 47.0 Å². The van der Waals surface area contributed by atoms with Crippen LogP contribution in [0.4, 0.5) is 0 Å². The first-order chi connectivity index (χ1) is 12.5. The molecule has 0 bridgehead atoms. The van der Waals surface area contributed by atoms with E-state index in [-0.39, 0.29) is 12.6 Å². The quantitative estimate of drug-likeness (QED) is 0.510. The van der Waals surface area contributed by atoms with Crippen molar-refractivity contribution in [2.45, 2.75) is 33.4 Å². The van der Waals surface area contributed by atoms with Gasteiger partial charge in [0, 0.05) is 16.8 Å². The summed E-state index contributed by atoms with van der Waals surface area (Å²) in [5.41, 5.74) is 2.61. The Bertz CT molecular complexity index is 1080. The summed E-state index contributed by atoms with van der Waals surface area (Å²) in [6.45, 7) is 5.96. The van der Waals surface area contributed by atoms with Gasteiger partial charge in [-0.25, -0.2) is 14.5 Å². The Morgan fingerprint density at radius 2 is 2.04 bits per heavy atom. The minimum absolute atomic E-state index is 0.0796. The number of para-hydroxylation sites is 1. The van der Waals surface area contributed by atoms with Crippen LogP contribution < -0.4 is 0 Å². The first-order valence-corrected chi connectivity index (χ1v) is 8.52. The molecule has 0 amide bonds. The maximum atomic E-state index is 12.5. The Labute approximate surface area is 150 Å². The molecule has 0 aliphatic carbocycles. The molecular weight excluding hydrogens is 330 g/mol. The van der Waals surface area contributed by atoms with E-state index in [9.17, 15) is 4.79 Å². The highest BCUT2D eigenvalue weighted by Gasteiger charge is 2.17. The van der Waals surface area contributed by atoms with Gasteiger partial charge in [0.15, 0.2) is 5.65 Å². The predicted octanol–water partition coefficient (Wildman–Crippen LogP) is 4.42. The third kappa shape index (κ3) is 2.83. The number of fused-ring (bicyclic) bond motifs is 2. The molecule has 6 nitrogen and oxygen atoms in total. The van der Waals surface area contributed by atoms with E-state index >= 15 is 0 Å². The van der Waals surface area contributed by atoms with Crippen LogP contribution in [0.2, 0.25) is 0 Å². The molecule has 0 N–H and O–H groups in total. The summed E-state index contributed by atoms with van der Waals surface area (Å²) in [5.74, 6) is 0.188. The van der Waals surface area contributed by atoms with Gasteiger partial charge in [-0.2, -0.15) is 5.10 Å². The maximum absolute atomic E-state index is 12.5. The minimum Gasteiger partial charge on any atom is -0.457 e. The zero-order valence-electron chi connectivity index (χ0n) is 14.9. The van der Waals surface area contributed by atoms with Gasteiger partial charge >= 0.3 is 5.97 Å². The molecule has 4 aromatic rings. The van der Waals surface area contributed by atoms with Gasteiger partial charge in [0.1, 0.15) is 18.0 Å². The Hall–Kier alpha value is -3.15. The highest BCUT2D eigenvalue weighted by molar-refractivity contribution is 5.94. The molecule has 0 fully saturated rings. The van der Waals surface area contributed by atoms with E-state index in [1.807, 2.05) is 48.9 Å². The van der Waals surface area contributed by atoms with Crippen molar-refractivity contribution in [1.82, 2.24) is 14.8 Å². The molecule has 0 radical (unpaired) electrons. The van der Waals surface area contributed by atoms with E-state index in [4.69, 9.17) is 9.15 Å². The van der Waals surface area contributed by atoms with Gasteiger partial charge in [0.05, 0.1) is 17.5 Å². The zero-order chi connectivity index (χ0) is 18.3. The second-order valence-electron chi connectivity index (χ2n) is 6.54. The number of esters is 1. The number of aromatic nitrogens is 3. The number of benzene rings is 1. The molecule has 132 valence electrons. The van der Waals surface area contributed by atoms with Crippen molar-refractivity contribution >= 4 is 28.0 Å². The number of pyridine rings is 1. The number of nitrogens with zero attached hydrogens (tertiary/aromatic N) is 3. The molecule has 3 heterocycles. The summed E-state index contributed by atoms with van der Waals surface area (Å²) in [6.07, 6.45) is 1.72. The van der Waals surface area contributed by atoms with Crippen LogP contribution in [0.5, 0.6) is 0 Å². The standard InChI is InChI=1S/C20H19N3O3/c1-12(2)23-19-15(10-21-23)9-17(13(3)22-19)20(24)25-11-16-8-14-6-4-5-7-18(14)26-16/h4-10,12H,11H2,1-3H3.